The molecule has 7 heteroatoms. The van der Waals surface area contributed by atoms with Gasteiger partial charge in [0.05, 0.1) is 20.2 Å². The minimum Gasteiger partial charge on any atom is -0.497 e. The zero-order valence-corrected chi connectivity index (χ0v) is 19.6. The summed E-state index contributed by atoms with van der Waals surface area (Å²) in [4.78, 5) is 39.0. The molecule has 178 valence electrons. The van der Waals surface area contributed by atoms with Crippen molar-refractivity contribution >= 4 is 23.4 Å². The number of rotatable bonds is 14. The smallest absolute Gasteiger partial charge is 0.243 e. The lowest BCUT2D eigenvalue weighted by molar-refractivity contribution is -0.137. The van der Waals surface area contributed by atoms with Crippen LogP contribution in [0.15, 0.2) is 54.6 Å². The van der Waals surface area contributed by atoms with Crippen molar-refractivity contribution in [3.8, 4) is 5.75 Å². The number of carbonyl (C=O) groups is 3. The van der Waals surface area contributed by atoms with Gasteiger partial charge in [0.25, 0.3) is 0 Å². The highest BCUT2D eigenvalue weighted by atomic mass is 16.5. The molecule has 0 aromatic heterocycles. The molecule has 0 atom stereocenters. The van der Waals surface area contributed by atoms with Crippen LogP contribution >= 0.6 is 0 Å². The topological polar surface area (TPSA) is 87.7 Å². The molecule has 33 heavy (non-hydrogen) atoms. The molecule has 0 unspecified atom stereocenters. The number of unbranched alkanes of at least 4 members (excludes halogenated alkanes) is 4. The molecule has 2 rings (SSSR count). The van der Waals surface area contributed by atoms with Gasteiger partial charge in [0.1, 0.15) is 5.75 Å². The summed E-state index contributed by atoms with van der Waals surface area (Å²) in [7, 11) is 1.57. The molecule has 2 aromatic rings. The Kier molecular flexibility index (Phi) is 11.5. The van der Waals surface area contributed by atoms with E-state index in [0.29, 0.717) is 24.4 Å². The van der Waals surface area contributed by atoms with Crippen LogP contribution in [-0.2, 0) is 20.9 Å². The molecule has 0 aliphatic heterocycles. The summed E-state index contributed by atoms with van der Waals surface area (Å²) in [5, 5.41) is 5.33. The van der Waals surface area contributed by atoms with E-state index in [4.69, 9.17) is 4.74 Å². The fourth-order valence-corrected chi connectivity index (χ4v) is 3.36. The van der Waals surface area contributed by atoms with Crippen molar-refractivity contribution in [1.29, 1.82) is 0 Å². The third-order valence-electron chi connectivity index (χ3n) is 5.22. The number of hydrogen-bond donors (Lipinski definition) is 2. The van der Waals surface area contributed by atoms with Crippen LogP contribution in [0.3, 0.4) is 0 Å². The highest BCUT2D eigenvalue weighted by molar-refractivity contribution is 5.95. The molecule has 2 aromatic carbocycles. The number of nitrogens with zero attached hydrogens (tertiary/aromatic N) is 1. The highest BCUT2D eigenvalue weighted by Gasteiger charge is 2.18. The lowest BCUT2D eigenvalue weighted by atomic mass is 10.1. The molecule has 0 heterocycles. The minimum atomic E-state index is -0.366. The number of nitrogens with one attached hydrogen (secondary N) is 2. The van der Waals surface area contributed by atoms with Crippen LogP contribution in [0, 0.1) is 0 Å². The average molecular weight is 454 g/mol. The zero-order valence-electron chi connectivity index (χ0n) is 19.6. The maximum Gasteiger partial charge on any atom is 0.243 e. The summed E-state index contributed by atoms with van der Waals surface area (Å²) in [6.07, 6.45) is 5.68. The summed E-state index contributed by atoms with van der Waals surface area (Å²) in [5.74, 6) is -0.0662. The summed E-state index contributed by atoms with van der Waals surface area (Å²) in [6, 6.07) is 16.5. The largest absolute Gasteiger partial charge is 0.497 e. The molecule has 0 fully saturated rings. The molecule has 0 bridgehead atoms. The van der Waals surface area contributed by atoms with Crippen molar-refractivity contribution in [2.24, 2.45) is 0 Å². The van der Waals surface area contributed by atoms with Gasteiger partial charge in [-0.25, -0.2) is 0 Å². The standard InChI is InChI=1S/C26H35N3O4/c1-3-4-5-6-10-13-26(32)29(19-21-11-8-7-9-12-21)20-25(31)27-18-24(30)28-22-14-16-23(33-2)17-15-22/h7-9,11-12,14-17H,3-6,10,13,18-20H2,1-2H3,(H,27,31)(H,28,30). The summed E-state index contributed by atoms with van der Waals surface area (Å²) >= 11 is 0. The van der Waals surface area contributed by atoms with E-state index in [0.717, 1.165) is 31.2 Å². The number of ether oxygens (including phenoxy) is 1. The van der Waals surface area contributed by atoms with Crippen LogP contribution in [-0.4, -0.2) is 42.8 Å². The Labute approximate surface area is 196 Å². The van der Waals surface area contributed by atoms with Crippen molar-refractivity contribution in [1.82, 2.24) is 10.2 Å². The molecule has 0 aliphatic carbocycles. The van der Waals surface area contributed by atoms with Gasteiger partial charge in [0.15, 0.2) is 0 Å². The molecule has 0 spiro atoms. The Hall–Kier alpha value is -3.35. The number of hydrogen-bond acceptors (Lipinski definition) is 4. The second-order valence-electron chi connectivity index (χ2n) is 7.95. The van der Waals surface area contributed by atoms with Crippen LogP contribution in [0.1, 0.15) is 51.0 Å². The molecular formula is C26H35N3O4. The van der Waals surface area contributed by atoms with Crippen molar-refractivity contribution in [2.45, 2.75) is 52.0 Å². The zero-order chi connectivity index (χ0) is 23.9. The van der Waals surface area contributed by atoms with E-state index in [9.17, 15) is 14.4 Å². The third kappa shape index (κ3) is 10.2. The second kappa shape index (κ2) is 14.7. The highest BCUT2D eigenvalue weighted by Crippen LogP contribution is 2.15. The van der Waals surface area contributed by atoms with Crippen molar-refractivity contribution in [3.05, 3.63) is 60.2 Å². The van der Waals surface area contributed by atoms with E-state index in [1.165, 1.54) is 6.42 Å². The van der Waals surface area contributed by atoms with Gasteiger partial charge in [-0.05, 0) is 36.2 Å². The van der Waals surface area contributed by atoms with E-state index >= 15 is 0 Å². The van der Waals surface area contributed by atoms with E-state index in [1.807, 2.05) is 30.3 Å². The Morgan fingerprint density at radius 2 is 1.58 bits per heavy atom. The fourth-order valence-electron chi connectivity index (χ4n) is 3.36. The number of anilines is 1. The molecule has 0 aliphatic rings. The summed E-state index contributed by atoms with van der Waals surface area (Å²) < 4.78 is 5.09. The second-order valence-corrected chi connectivity index (χ2v) is 7.95. The number of methoxy groups -OCH3 is 1. The van der Waals surface area contributed by atoms with Crippen LogP contribution in [0.4, 0.5) is 5.69 Å². The normalized spacial score (nSPS) is 10.4. The number of benzene rings is 2. The molecular weight excluding hydrogens is 418 g/mol. The van der Waals surface area contributed by atoms with Gasteiger partial charge in [-0.1, -0.05) is 62.9 Å². The van der Waals surface area contributed by atoms with E-state index in [-0.39, 0.29) is 30.8 Å². The van der Waals surface area contributed by atoms with Crippen LogP contribution < -0.4 is 15.4 Å². The van der Waals surface area contributed by atoms with Crippen molar-refractivity contribution in [3.63, 3.8) is 0 Å². The number of amides is 3. The minimum absolute atomic E-state index is 0.0480. The van der Waals surface area contributed by atoms with Crippen molar-refractivity contribution < 1.29 is 19.1 Å². The van der Waals surface area contributed by atoms with Crippen molar-refractivity contribution in [2.75, 3.05) is 25.5 Å². The van der Waals surface area contributed by atoms with Crippen LogP contribution in [0.5, 0.6) is 5.75 Å². The van der Waals surface area contributed by atoms with Gasteiger partial charge in [0.2, 0.25) is 17.7 Å². The summed E-state index contributed by atoms with van der Waals surface area (Å²) in [6.45, 7) is 2.26. The van der Waals surface area contributed by atoms with Crippen LogP contribution in [0.2, 0.25) is 0 Å². The quantitative estimate of drug-likeness (QED) is 0.421. The Morgan fingerprint density at radius 3 is 2.24 bits per heavy atom. The van der Waals surface area contributed by atoms with Gasteiger partial charge in [-0.15, -0.1) is 0 Å². The first kappa shape index (κ1) is 25.9. The van der Waals surface area contributed by atoms with Gasteiger partial charge < -0.3 is 20.3 Å². The van der Waals surface area contributed by atoms with E-state index in [1.54, 1.807) is 36.3 Å². The van der Waals surface area contributed by atoms with Gasteiger partial charge in [-0.3, -0.25) is 14.4 Å². The molecule has 2 N–H and O–H groups in total. The first-order chi connectivity index (χ1) is 16.0. The third-order valence-corrected chi connectivity index (χ3v) is 5.22. The SMILES string of the molecule is CCCCCCCC(=O)N(CC(=O)NCC(=O)Nc1ccc(OC)cc1)Cc1ccccc1. The van der Waals surface area contributed by atoms with E-state index in [2.05, 4.69) is 17.6 Å². The molecule has 0 saturated heterocycles. The molecule has 7 nitrogen and oxygen atoms in total. The predicted molar refractivity (Wildman–Crippen MR) is 130 cm³/mol. The monoisotopic (exact) mass is 453 g/mol. The average Bonchev–Trinajstić information content (AvgIpc) is 2.83. The van der Waals surface area contributed by atoms with E-state index < -0.39 is 0 Å². The fraction of sp³-hybridized carbons (Fsp3) is 0.423. The maximum atomic E-state index is 12.8. The Morgan fingerprint density at radius 1 is 0.879 bits per heavy atom. The molecule has 3 amide bonds. The van der Waals surface area contributed by atoms with Gasteiger partial charge >= 0.3 is 0 Å². The Bertz CT molecular complexity index is 869. The Balaban J connectivity index is 1.85. The lowest BCUT2D eigenvalue weighted by Gasteiger charge is -2.22. The van der Waals surface area contributed by atoms with Crippen LogP contribution in [0.25, 0.3) is 0 Å². The molecule has 0 saturated carbocycles. The summed E-state index contributed by atoms with van der Waals surface area (Å²) in [5.41, 5.74) is 1.57. The predicted octanol–water partition coefficient (Wildman–Crippen LogP) is 4.14. The first-order valence-corrected chi connectivity index (χ1v) is 11.5. The maximum absolute atomic E-state index is 12.8. The lowest BCUT2D eigenvalue weighted by Crippen LogP contribution is -2.42. The first-order valence-electron chi connectivity index (χ1n) is 11.5. The van der Waals surface area contributed by atoms with Gasteiger partial charge in [-0.2, -0.15) is 0 Å². The van der Waals surface area contributed by atoms with Gasteiger partial charge in [0, 0.05) is 18.7 Å². The molecule has 0 radical (unpaired) electrons. The number of carbonyl (C=O) groups excluding carboxylic acids is 3.